The third-order valence-electron chi connectivity index (χ3n) is 4.76. The summed E-state index contributed by atoms with van der Waals surface area (Å²) < 4.78 is 3.51. The van der Waals surface area contributed by atoms with Crippen LogP contribution in [0.1, 0.15) is 24.5 Å². The van der Waals surface area contributed by atoms with Gasteiger partial charge < -0.3 is 5.32 Å². The number of benzene rings is 2. The van der Waals surface area contributed by atoms with E-state index >= 15 is 0 Å². The van der Waals surface area contributed by atoms with Gasteiger partial charge in [0.1, 0.15) is 0 Å². The molecule has 0 spiro atoms. The molecule has 2 aromatic carbocycles. The van der Waals surface area contributed by atoms with Gasteiger partial charge in [0.2, 0.25) is 11.7 Å². The molecular formula is C22H23N5O2S. The Bertz CT molecular complexity index is 1290. The van der Waals surface area contributed by atoms with Gasteiger partial charge in [0, 0.05) is 12.2 Å². The molecule has 154 valence electrons. The zero-order chi connectivity index (χ0) is 21.3. The van der Waals surface area contributed by atoms with E-state index in [0.717, 1.165) is 28.8 Å². The number of rotatable bonds is 6. The second-order valence-electron chi connectivity index (χ2n) is 7.31. The van der Waals surface area contributed by atoms with Gasteiger partial charge >= 0.3 is 0 Å². The number of nitrogens with zero attached hydrogens (tertiary/aromatic N) is 4. The molecule has 4 rings (SSSR count). The van der Waals surface area contributed by atoms with E-state index in [1.54, 1.807) is 4.57 Å². The van der Waals surface area contributed by atoms with E-state index in [-0.39, 0.29) is 17.2 Å². The molecule has 0 atom stereocenters. The van der Waals surface area contributed by atoms with Crippen LogP contribution in [0.3, 0.4) is 0 Å². The van der Waals surface area contributed by atoms with Crippen molar-refractivity contribution < 1.29 is 4.79 Å². The minimum absolute atomic E-state index is 0.0727. The summed E-state index contributed by atoms with van der Waals surface area (Å²) in [6.07, 6.45) is 0.807. The first kappa shape index (κ1) is 20.2. The maximum absolute atomic E-state index is 12.9. The predicted molar refractivity (Wildman–Crippen MR) is 120 cm³/mol. The van der Waals surface area contributed by atoms with Gasteiger partial charge in [-0.1, -0.05) is 36.9 Å². The number of nitrogens with one attached hydrogen (secondary N) is 1. The lowest BCUT2D eigenvalue weighted by atomic mass is 10.1. The molecule has 4 aromatic rings. The Morgan fingerprint density at radius 3 is 2.57 bits per heavy atom. The molecule has 0 saturated heterocycles. The Kier molecular flexibility index (Phi) is 5.59. The number of hydrogen-bond donors (Lipinski definition) is 1. The average molecular weight is 422 g/mol. The lowest BCUT2D eigenvalue weighted by Crippen LogP contribution is -2.23. The van der Waals surface area contributed by atoms with Crippen molar-refractivity contribution in [3.63, 3.8) is 0 Å². The van der Waals surface area contributed by atoms with E-state index in [1.807, 2.05) is 61.6 Å². The molecule has 0 aliphatic rings. The van der Waals surface area contributed by atoms with Gasteiger partial charge in [-0.05, 0) is 55.7 Å². The van der Waals surface area contributed by atoms with Crippen LogP contribution in [-0.2, 0) is 11.3 Å². The molecule has 0 radical (unpaired) electrons. The maximum Gasteiger partial charge on any atom is 0.262 e. The lowest BCUT2D eigenvalue weighted by molar-refractivity contribution is -0.113. The molecule has 0 unspecified atom stereocenters. The first-order chi connectivity index (χ1) is 14.5. The quantitative estimate of drug-likeness (QED) is 0.479. The fraction of sp³-hybridized carbons (Fsp3) is 0.273. The van der Waals surface area contributed by atoms with E-state index in [4.69, 9.17) is 0 Å². The number of carbonyl (C=O) groups is 1. The zero-order valence-electron chi connectivity index (χ0n) is 17.2. The normalized spacial score (nSPS) is 11.3. The fourth-order valence-corrected chi connectivity index (χ4v) is 4.37. The summed E-state index contributed by atoms with van der Waals surface area (Å²) in [7, 11) is 0. The molecule has 0 aliphatic carbocycles. The Labute approximate surface area is 178 Å². The van der Waals surface area contributed by atoms with Crippen LogP contribution in [0.5, 0.6) is 0 Å². The third-order valence-corrected chi connectivity index (χ3v) is 5.69. The number of carbonyl (C=O) groups excluding carboxylic acids is 1. The summed E-state index contributed by atoms with van der Waals surface area (Å²) in [4.78, 5) is 25.4. The number of aryl methyl sites for hydroxylation is 3. The first-order valence-electron chi connectivity index (χ1n) is 9.85. The number of hydrogen-bond acceptors (Lipinski definition) is 5. The highest BCUT2D eigenvalue weighted by atomic mass is 32.2. The van der Waals surface area contributed by atoms with Crippen LogP contribution in [0.2, 0.25) is 0 Å². The molecule has 1 amide bonds. The highest BCUT2D eigenvalue weighted by Crippen LogP contribution is 2.22. The first-order valence-corrected chi connectivity index (χ1v) is 10.8. The van der Waals surface area contributed by atoms with Crippen molar-refractivity contribution in [1.82, 2.24) is 19.2 Å². The van der Waals surface area contributed by atoms with Gasteiger partial charge in [-0.3, -0.25) is 18.6 Å². The molecule has 1 N–H and O–H groups in total. The fourth-order valence-electron chi connectivity index (χ4n) is 3.63. The SMILES string of the molecule is CCCn1c(=O)c2ccccc2n2c(SCC(=O)Nc3cc(C)cc(C)c3)nnc12. The zero-order valence-corrected chi connectivity index (χ0v) is 18.0. The molecule has 8 heteroatoms. The standard InChI is InChI=1S/C22H23N5O2S/c1-4-9-26-20(29)17-7-5-6-8-18(17)27-21(26)24-25-22(27)30-13-19(28)23-16-11-14(2)10-15(3)12-16/h5-8,10-12H,4,9,13H2,1-3H3,(H,23,28). The summed E-state index contributed by atoms with van der Waals surface area (Å²) in [6, 6.07) is 13.4. The summed E-state index contributed by atoms with van der Waals surface area (Å²) in [5, 5.41) is 12.7. The Hall–Kier alpha value is -3.13. The average Bonchev–Trinajstić information content (AvgIpc) is 3.13. The minimum Gasteiger partial charge on any atom is -0.325 e. The number of amides is 1. The van der Waals surface area contributed by atoms with Gasteiger partial charge in [0.15, 0.2) is 5.16 Å². The molecular weight excluding hydrogens is 398 g/mol. The molecule has 7 nitrogen and oxygen atoms in total. The molecule has 30 heavy (non-hydrogen) atoms. The molecule has 0 aliphatic heterocycles. The smallest absolute Gasteiger partial charge is 0.262 e. The van der Waals surface area contributed by atoms with Crippen molar-refractivity contribution >= 4 is 40.0 Å². The van der Waals surface area contributed by atoms with Crippen LogP contribution < -0.4 is 10.9 Å². The highest BCUT2D eigenvalue weighted by Gasteiger charge is 2.17. The molecule has 0 fully saturated rings. The van der Waals surface area contributed by atoms with Crippen LogP contribution in [-0.4, -0.2) is 30.8 Å². The molecule has 0 bridgehead atoms. The highest BCUT2D eigenvalue weighted by molar-refractivity contribution is 7.99. The van der Waals surface area contributed by atoms with Gasteiger partial charge in [-0.25, -0.2) is 0 Å². The van der Waals surface area contributed by atoms with E-state index in [1.165, 1.54) is 11.8 Å². The predicted octanol–water partition coefficient (Wildman–Crippen LogP) is 3.80. The van der Waals surface area contributed by atoms with E-state index in [9.17, 15) is 9.59 Å². The largest absolute Gasteiger partial charge is 0.325 e. The van der Waals surface area contributed by atoms with Gasteiger partial charge in [-0.15, -0.1) is 10.2 Å². The minimum atomic E-state index is -0.118. The molecule has 2 heterocycles. The van der Waals surface area contributed by atoms with Crippen LogP contribution >= 0.6 is 11.8 Å². The van der Waals surface area contributed by atoms with Crippen molar-refractivity contribution in [2.75, 3.05) is 11.1 Å². The molecule has 2 aromatic heterocycles. The number of para-hydroxylation sites is 1. The number of fused-ring (bicyclic) bond motifs is 3. The Balaban J connectivity index is 1.65. The van der Waals surface area contributed by atoms with Crippen molar-refractivity contribution in [3.05, 3.63) is 63.9 Å². The lowest BCUT2D eigenvalue weighted by Gasteiger charge is -2.10. The van der Waals surface area contributed by atoms with Crippen molar-refractivity contribution in [1.29, 1.82) is 0 Å². The number of aromatic nitrogens is 4. The maximum atomic E-state index is 12.9. The third kappa shape index (κ3) is 3.82. The summed E-state index contributed by atoms with van der Waals surface area (Å²) >= 11 is 1.30. The van der Waals surface area contributed by atoms with E-state index < -0.39 is 0 Å². The Morgan fingerprint density at radius 1 is 1.10 bits per heavy atom. The van der Waals surface area contributed by atoms with Crippen molar-refractivity contribution in [2.45, 2.75) is 38.9 Å². The summed E-state index contributed by atoms with van der Waals surface area (Å²) in [6.45, 7) is 6.58. The Morgan fingerprint density at radius 2 is 1.83 bits per heavy atom. The number of thioether (sulfide) groups is 1. The van der Waals surface area contributed by atoms with Gasteiger partial charge in [0.05, 0.1) is 16.7 Å². The van der Waals surface area contributed by atoms with Gasteiger partial charge in [0.25, 0.3) is 5.56 Å². The summed E-state index contributed by atoms with van der Waals surface area (Å²) in [5.74, 6) is 0.570. The number of anilines is 1. The van der Waals surface area contributed by atoms with E-state index in [2.05, 4.69) is 21.6 Å². The molecule has 0 saturated carbocycles. The van der Waals surface area contributed by atoms with Crippen LogP contribution in [0.4, 0.5) is 5.69 Å². The van der Waals surface area contributed by atoms with Gasteiger partial charge in [-0.2, -0.15) is 0 Å². The van der Waals surface area contributed by atoms with Crippen molar-refractivity contribution in [2.24, 2.45) is 0 Å². The van der Waals surface area contributed by atoms with Crippen LogP contribution in [0.25, 0.3) is 16.7 Å². The van der Waals surface area contributed by atoms with Crippen LogP contribution in [0, 0.1) is 13.8 Å². The second-order valence-corrected chi connectivity index (χ2v) is 8.25. The summed E-state index contributed by atoms with van der Waals surface area (Å²) in [5.41, 5.74) is 3.65. The second kappa shape index (κ2) is 8.31. The monoisotopic (exact) mass is 421 g/mol. The topological polar surface area (TPSA) is 81.3 Å². The van der Waals surface area contributed by atoms with Crippen molar-refractivity contribution in [3.8, 4) is 0 Å². The van der Waals surface area contributed by atoms with Crippen LogP contribution in [0.15, 0.2) is 52.4 Å². The van der Waals surface area contributed by atoms with E-state index in [0.29, 0.717) is 22.9 Å².